The summed E-state index contributed by atoms with van der Waals surface area (Å²) in [5.74, 6) is 1.82. The zero-order chi connectivity index (χ0) is 15.9. The average molecular weight is 304 g/mol. The molecule has 2 unspecified atom stereocenters. The molecular formula is C18H28N2O2. The van der Waals surface area contributed by atoms with Crippen LogP contribution in [0.4, 0.5) is 5.69 Å². The Bertz CT molecular complexity index is 496. The Morgan fingerprint density at radius 2 is 2.32 bits per heavy atom. The number of rotatable bonds is 6. The van der Waals surface area contributed by atoms with Crippen molar-refractivity contribution < 1.29 is 9.53 Å². The summed E-state index contributed by atoms with van der Waals surface area (Å²) in [6.45, 7) is 8.88. The smallest absolute Gasteiger partial charge is 0.224 e. The number of hydrogen-bond donors (Lipinski definition) is 2. The third kappa shape index (κ3) is 4.73. The van der Waals surface area contributed by atoms with Crippen LogP contribution >= 0.6 is 0 Å². The van der Waals surface area contributed by atoms with Crippen molar-refractivity contribution in [1.29, 1.82) is 0 Å². The molecule has 22 heavy (non-hydrogen) atoms. The lowest BCUT2D eigenvalue weighted by Gasteiger charge is -2.28. The van der Waals surface area contributed by atoms with E-state index in [-0.39, 0.29) is 5.91 Å². The SMILES string of the molecule is CCOc1cc(C)ccc1NC(=O)CC(C)C1CCCNC1. The number of hydrogen-bond acceptors (Lipinski definition) is 3. The molecular weight excluding hydrogens is 276 g/mol. The molecule has 2 N–H and O–H groups in total. The van der Waals surface area contributed by atoms with Gasteiger partial charge in [0.1, 0.15) is 5.75 Å². The highest BCUT2D eigenvalue weighted by Gasteiger charge is 2.22. The van der Waals surface area contributed by atoms with Crippen molar-refractivity contribution in [2.75, 3.05) is 25.0 Å². The lowest BCUT2D eigenvalue weighted by atomic mass is 9.85. The summed E-state index contributed by atoms with van der Waals surface area (Å²) in [5.41, 5.74) is 1.90. The molecule has 1 aromatic carbocycles. The summed E-state index contributed by atoms with van der Waals surface area (Å²) < 4.78 is 5.62. The minimum atomic E-state index is 0.0721. The van der Waals surface area contributed by atoms with E-state index in [0.29, 0.717) is 24.9 Å². The summed E-state index contributed by atoms with van der Waals surface area (Å²) in [6, 6.07) is 5.88. The molecule has 0 saturated carbocycles. The normalized spacial score (nSPS) is 19.5. The molecule has 0 spiro atoms. The van der Waals surface area contributed by atoms with Gasteiger partial charge in [-0.25, -0.2) is 0 Å². The van der Waals surface area contributed by atoms with Gasteiger partial charge in [-0.1, -0.05) is 13.0 Å². The predicted molar refractivity (Wildman–Crippen MR) is 90.4 cm³/mol. The first-order valence-corrected chi connectivity index (χ1v) is 8.34. The van der Waals surface area contributed by atoms with Gasteiger partial charge in [-0.05, 0) is 69.3 Å². The third-order valence-corrected chi connectivity index (χ3v) is 4.36. The Morgan fingerprint density at radius 1 is 1.50 bits per heavy atom. The molecule has 0 aliphatic carbocycles. The first kappa shape index (κ1) is 16.8. The number of piperidine rings is 1. The second kappa shape index (κ2) is 8.18. The fourth-order valence-corrected chi connectivity index (χ4v) is 3.03. The van der Waals surface area contributed by atoms with Gasteiger partial charge in [-0.2, -0.15) is 0 Å². The minimum absolute atomic E-state index is 0.0721. The van der Waals surface area contributed by atoms with E-state index in [1.165, 1.54) is 12.8 Å². The second-order valence-corrected chi connectivity index (χ2v) is 6.27. The summed E-state index contributed by atoms with van der Waals surface area (Å²) >= 11 is 0. The monoisotopic (exact) mass is 304 g/mol. The van der Waals surface area contributed by atoms with Crippen LogP contribution < -0.4 is 15.4 Å². The number of carbonyl (C=O) groups excluding carboxylic acids is 1. The van der Waals surface area contributed by atoms with Crippen molar-refractivity contribution in [2.45, 2.75) is 40.0 Å². The maximum atomic E-state index is 12.3. The largest absolute Gasteiger partial charge is 0.492 e. The molecule has 2 rings (SSSR count). The van der Waals surface area contributed by atoms with Gasteiger partial charge < -0.3 is 15.4 Å². The summed E-state index contributed by atoms with van der Waals surface area (Å²) in [6.07, 6.45) is 2.99. The van der Waals surface area contributed by atoms with Gasteiger partial charge in [-0.15, -0.1) is 0 Å². The number of anilines is 1. The molecule has 1 fully saturated rings. The van der Waals surface area contributed by atoms with Crippen LogP contribution in [-0.2, 0) is 4.79 Å². The lowest BCUT2D eigenvalue weighted by Crippen LogP contribution is -2.34. The standard InChI is InChI=1S/C18H28N2O2/c1-4-22-17-10-13(2)7-8-16(17)20-18(21)11-14(3)15-6-5-9-19-12-15/h7-8,10,14-15,19H,4-6,9,11-12H2,1-3H3,(H,20,21). The van der Waals surface area contributed by atoms with Crippen LogP contribution in [0, 0.1) is 18.8 Å². The zero-order valence-electron chi connectivity index (χ0n) is 13.9. The molecule has 1 heterocycles. The molecule has 0 bridgehead atoms. The Morgan fingerprint density at radius 3 is 3.00 bits per heavy atom. The maximum absolute atomic E-state index is 12.3. The van der Waals surface area contributed by atoms with Crippen molar-refractivity contribution in [3.05, 3.63) is 23.8 Å². The van der Waals surface area contributed by atoms with Crippen molar-refractivity contribution >= 4 is 11.6 Å². The zero-order valence-corrected chi connectivity index (χ0v) is 13.9. The Labute approximate surface area is 133 Å². The van der Waals surface area contributed by atoms with Gasteiger partial charge in [0.2, 0.25) is 5.91 Å². The number of ether oxygens (including phenoxy) is 1. The quantitative estimate of drug-likeness (QED) is 0.847. The van der Waals surface area contributed by atoms with Crippen LogP contribution in [-0.4, -0.2) is 25.6 Å². The highest BCUT2D eigenvalue weighted by molar-refractivity contribution is 5.92. The fraction of sp³-hybridized carbons (Fsp3) is 0.611. The van der Waals surface area contributed by atoms with Crippen LogP contribution in [0.2, 0.25) is 0 Å². The molecule has 4 heteroatoms. The van der Waals surface area contributed by atoms with Gasteiger partial charge in [0.25, 0.3) is 0 Å². The van der Waals surface area contributed by atoms with E-state index in [1.807, 2.05) is 32.0 Å². The van der Waals surface area contributed by atoms with E-state index < -0.39 is 0 Å². The Balaban J connectivity index is 1.93. The molecule has 1 aliphatic rings. The highest BCUT2D eigenvalue weighted by atomic mass is 16.5. The average Bonchev–Trinajstić information content (AvgIpc) is 2.51. The predicted octanol–water partition coefficient (Wildman–Crippen LogP) is 3.36. The molecule has 0 radical (unpaired) electrons. The van der Waals surface area contributed by atoms with E-state index >= 15 is 0 Å². The molecule has 1 saturated heterocycles. The number of benzene rings is 1. The molecule has 0 aromatic heterocycles. The van der Waals surface area contributed by atoms with Crippen molar-refractivity contribution in [3.63, 3.8) is 0 Å². The summed E-state index contributed by atoms with van der Waals surface area (Å²) in [7, 11) is 0. The molecule has 1 amide bonds. The molecule has 2 atom stereocenters. The molecule has 4 nitrogen and oxygen atoms in total. The van der Waals surface area contributed by atoms with E-state index in [9.17, 15) is 4.79 Å². The third-order valence-electron chi connectivity index (χ3n) is 4.36. The summed E-state index contributed by atoms with van der Waals surface area (Å²) in [4.78, 5) is 12.3. The molecule has 1 aromatic rings. The number of amides is 1. The van der Waals surface area contributed by atoms with Crippen molar-refractivity contribution in [3.8, 4) is 5.75 Å². The van der Waals surface area contributed by atoms with E-state index in [4.69, 9.17) is 4.74 Å². The van der Waals surface area contributed by atoms with E-state index in [1.54, 1.807) is 0 Å². The lowest BCUT2D eigenvalue weighted by molar-refractivity contribution is -0.117. The minimum Gasteiger partial charge on any atom is -0.492 e. The van der Waals surface area contributed by atoms with E-state index in [0.717, 1.165) is 30.1 Å². The molecule has 1 aliphatic heterocycles. The number of nitrogens with one attached hydrogen (secondary N) is 2. The van der Waals surface area contributed by atoms with Gasteiger partial charge in [0.15, 0.2) is 0 Å². The van der Waals surface area contributed by atoms with Crippen LogP contribution in [0.5, 0.6) is 5.75 Å². The number of carbonyl (C=O) groups is 1. The van der Waals surface area contributed by atoms with Crippen LogP contribution in [0.15, 0.2) is 18.2 Å². The summed E-state index contributed by atoms with van der Waals surface area (Å²) in [5, 5.41) is 6.43. The first-order chi connectivity index (χ1) is 10.6. The topological polar surface area (TPSA) is 50.4 Å². The number of aryl methyl sites for hydroxylation is 1. The van der Waals surface area contributed by atoms with Gasteiger partial charge in [0, 0.05) is 6.42 Å². The van der Waals surface area contributed by atoms with Crippen LogP contribution in [0.25, 0.3) is 0 Å². The van der Waals surface area contributed by atoms with Crippen LogP contribution in [0.1, 0.15) is 38.7 Å². The van der Waals surface area contributed by atoms with E-state index in [2.05, 4.69) is 17.6 Å². The second-order valence-electron chi connectivity index (χ2n) is 6.27. The maximum Gasteiger partial charge on any atom is 0.224 e. The molecule has 122 valence electrons. The first-order valence-electron chi connectivity index (χ1n) is 8.34. The van der Waals surface area contributed by atoms with Crippen molar-refractivity contribution in [1.82, 2.24) is 5.32 Å². The van der Waals surface area contributed by atoms with Crippen molar-refractivity contribution in [2.24, 2.45) is 11.8 Å². The highest BCUT2D eigenvalue weighted by Crippen LogP contribution is 2.27. The fourth-order valence-electron chi connectivity index (χ4n) is 3.03. The Hall–Kier alpha value is -1.55. The van der Waals surface area contributed by atoms with Gasteiger partial charge >= 0.3 is 0 Å². The van der Waals surface area contributed by atoms with Gasteiger partial charge in [0.05, 0.1) is 12.3 Å². The van der Waals surface area contributed by atoms with Gasteiger partial charge in [-0.3, -0.25) is 4.79 Å². The van der Waals surface area contributed by atoms with Crippen LogP contribution in [0.3, 0.4) is 0 Å². The Kier molecular flexibility index (Phi) is 6.25.